The normalized spacial score (nSPS) is 12.7. The van der Waals surface area contributed by atoms with Crippen LogP contribution >= 0.6 is 47.0 Å². The fourth-order valence-corrected chi connectivity index (χ4v) is 2.69. The summed E-state index contributed by atoms with van der Waals surface area (Å²) >= 11 is 23.2. The molecule has 0 bridgehead atoms. The number of thiocarbonyl (C=S) groups is 1. The molecule has 25 heavy (non-hydrogen) atoms. The topological polar surface area (TPSA) is 53.2 Å². The van der Waals surface area contributed by atoms with Crippen molar-refractivity contribution in [3.05, 3.63) is 42.5 Å². The molecule has 2 aromatic rings. The van der Waals surface area contributed by atoms with Gasteiger partial charge in [-0.3, -0.25) is 4.79 Å². The van der Waals surface area contributed by atoms with E-state index in [-0.39, 0.29) is 16.9 Å². The molecule has 0 fully saturated rings. The van der Waals surface area contributed by atoms with Gasteiger partial charge >= 0.3 is 0 Å². The number of rotatable bonds is 4. The molecule has 1 amide bonds. The summed E-state index contributed by atoms with van der Waals surface area (Å²) in [5, 5.41) is 10.9. The third-order valence-electron chi connectivity index (χ3n) is 3.45. The molecule has 1 atom stereocenters. The van der Waals surface area contributed by atoms with E-state index in [2.05, 4.69) is 16.0 Å². The predicted octanol–water partition coefficient (Wildman–Crippen LogP) is 4.59. The number of amides is 1. The molecule has 0 heterocycles. The first kappa shape index (κ1) is 20.0. The van der Waals surface area contributed by atoms with Gasteiger partial charge in [-0.15, -0.1) is 0 Å². The average Bonchev–Trinajstić information content (AvgIpc) is 2.53. The SMILES string of the molecule is CC(C)C(=O)NC(NC(=S)Nc1cccc2ccccc12)C(Cl)(Cl)Cl. The monoisotopic (exact) mass is 417 g/mol. The largest absolute Gasteiger partial charge is 0.339 e. The van der Waals surface area contributed by atoms with Gasteiger partial charge in [-0.2, -0.15) is 0 Å². The zero-order valence-electron chi connectivity index (χ0n) is 13.6. The molecule has 0 spiro atoms. The maximum absolute atomic E-state index is 11.9. The second-order valence-electron chi connectivity index (χ2n) is 5.76. The van der Waals surface area contributed by atoms with Crippen molar-refractivity contribution in [1.82, 2.24) is 10.6 Å². The lowest BCUT2D eigenvalue weighted by molar-refractivity contribution is -0.124. The number of halogens is 3. The van der Waals surface area contributed by atoms with E-state index in [1.165, 1.54) is 0 Å². The zero-order chi connectivity index (χ0) is 18.6. The highest BCUT2D eigenvalue weighted by molar-refractivity contribution is 7.80. The number of fused-ring (bicyclic) bond motifs is 1. The third-order valence-corrected chi connectivity index (χ3v) is 4.33. The van der Waals surface area contributed by atoms with Crippen LogP contribution in [0.15, 0.2) is 42.5 Å². The second kappa shape index (κ2) is 8.41. The summed E-state index contributed by atoms with van der Waals surface area (Å²) in [4.78, 5) is 11.9. The Morgan fingerprint density at radius 2 is 1.68 bits per heavy atom. The zero-order valence-corrected chi connectivity index (χ0v) is 16.7. The summed E-state index contributed by atoms with van der Waals surface area (Å²) in [6.07, 6.45) is -0.970. The van der Waals surface area contributed by atoms with Gasteiger partial charge in [-0.05, 0) is 23.7 Å². The number of anilines is 1. The van der Waals surface area contributed by atoms with Crippen LogP contribution in [0, 0.1) is 5.92 Å². The molecule has 0 saturated carbocycles. The molecule has 0 radical (unpaired) electrons. The number of benzene rings is 2. The minimum atomic E-state index is -1.77. The van der Waals surface area contributed by atoms with E-state index in [9.17, 15) is 4.79 Å². The Balaban J connectivity index is 2.14. The van der Waals surface area contributed by atoms with Crippen molar-refractivity contribution in [3.63, 3.8) is 0 Å². The summed E-state index contributed by atoms with van der Waals surface area (Å²) in [5.74, 6) is -0.506. The highest BCUT2D eigenvalue weighted by atomic mass is 35.6. The Morgan fingerprint density at radius 3 is 2.32 bits per heavy atom. The molecule has 0 aromatic heterocycles. The first-order chi connectivity index (χ1) is 11.7. The van der Waals surface area contributed by atoms with Gasteiger partial charge in [-0.25, -0.2) is 0 Å². The quantitative estimate of drug-likeness (QED) is 0.386. The minimum Gasteiger partial charge on any atom is -0.339 e. The fraction of sp³-hybridized carbons (Fsp3) is 0.294. The van der Waals surface area contributed by atoms with Crippen molar-refractivity contribution in [2.75, 3.05) is 5.32 Å². The predicted molar refractivity (Wildman–Crippen MR) is 110 cm³/mol. The van der Waals surface area contributed by atoms with Gasteiger partial charge in [0, 0.05) is 17.0 Å². The van der Waals surface area contributed by atoms with Gasteiger partial charge in [0.2, 0.25) is 9.70 Å². The molecule has 0 aliphatic heterocycles. The van der Waals surface area contributed by atoms with Crippen LogP contribution in [0.2, 0.25) is 0 Å². The van der Waals surface area contributed by atoms with E-state index in [1.807, 2.05) is 42.5 Å². The summed E-state index contributed by atoms with van der Waals surface area (Å²) in [5.41, 5.74) is 0.814. The van der Waals surface area contributed by atoms with Crippen LogP contribution in [0.1, 0.15) is 13.8 Å². The molecular formula is C17H18Cl3N3OS. The highest BCUT2D eigenvalue weighted by Gasteiger charge is 2.35. The molecule has 8 heteroatoms. The molecular weight excluding hydrogens is 401 g/mol. The van der Waals surface area contributed by atoms with Crippen LogP contribution in [-0.4, -0.2) is 21.0 Å². The lowest BCUT2D eigenvalue weighted by atomic mass is 10.1. The lowest BCUT2D eigenvalue weighted by Crippen LogP contribution is -2.56. The number of hydrogen-bond acceptors (Lipinski definition) is 2. The van der Waals surface area contributed by atoms with Crippen molar-refractivity contribution in [2.45, 2.75) is 23.8 Å². The van der Waals surface area contributed by atoms with Gasteiger partial charge in [-0.1, -0.05) is 85.0 Å². The fourth-order valence-electron chi connectivity index (χ4n) is 2.13. The average molecular weight is 419 g/mol. The van der Waals surface area contributed by atoms with Crippen LogP contribution in [0.4, 0.5) is 5.69 Å². The summed E-state index contributed by atoms with van der Waals surface area (Å²) in [7, 11) is 0. The van der Waals surface area contributed by atoms with Gasteiger partial charge in [0.05, 0.1) is 0 Å². The minimum absolute atomic E-state index is 0.233. The van der Waals surface area contributed by atoms with Crippen LogP contribution in [-0.2, 0) is 4.79 Å². The third kappa shape index (κ3) is 5.61. The summed E-state index contributed by atoms with van der Waals surface area (Å²) < 4.78 is -1.77. The number of carbonyl (C=O) groups is 1. The number of nitrogens with one attached hydrogen (secondary N) is 3. The molecule has 4 nitrogen and oxygen atoms in total. The first-order valence-electron chi connectivity index (χ1n) is 7.61. The van der Waals surface area contributed by atoms with Crippen molar-refractivity contribution in [2.24, 2.45) is 5.92 Å². The van der Waals surface area contributed by atoms with Gasteiger partial charge in [0.25, 0.3) is 0 Å². The number of hydrogen-bond donors (Lipinski definition) is 3. The molecule has 2 aromatic carbocycles. The molecule has 134 valence electrons. The Bertz CT molecular complexity index is 772. The number of carbonyl (C=O) groups excluding carboxylic acids is 1. The van der Waals surface area contributed by atoms with Gasteiger partial charge < -0.3 is 16.0 Å². The highest BCUT2D eigenvalue weighted by Crippen LogP contribution is 2.29. The standard InChI is InChI=1S/C17H18Cl3N3OS/c1-10(2)14(24)22-15(17(18,19)20)23-16(25)21-13-9-5-7-11-6-3-4-8-12(11)13/h3-10,15H,1-2H3,(H,22,24)(H2,21,23,25). The Morgan fingerprint density at radius 1 is 1.04 bits per heavy atom. The molecule has 1 unspecified atom stereocenters. The van der Waals surface area contributed by atoms with Crippen LogP contribution in [0.5, 0.6) is 0 Å². The molecule has 0 aliphatic rings. The van der Waals surface area contributed by atoms with Crippen LogP contribution in [0.25, 0.3) is 10.8 Å². The summed E-state index contributed by atoms with van der Waals surface area (Å²) in [6.45, 7) is 3.49. The maximum atomic E-state index is 11.9. The summed E-state index contributed by atoms with van der Waals surface area (Å²) in [6, 6.07) is 13.7. The van der Waals surface area contributed by atoms with Crippen molar-refractivity contribution in [1.29, 1.82) is 0 Å². The molecule has 0 saturated heterocycles. The Labute approximate surface area is 167 Å². The van der Waals surface area contributed by atoms with E-state index in [4.69, 9.17) is 47.0 Å². The molecule has 2 rings (SSSR count). The Kier molecular flexibility index (Phi) is 6.74. The first-order valence-corrected chi connectivity index (χ1v) is 9.15. The van der Waals surface area contributed by atoms with Crippen molar-refractivity contribution in [3.8, 4) is 0 Å². The van der Waals surface area contributed by atoms with E-state index < -0.39 is 9.96 Å². The van der Waals surface area contributed by atoms with E-state index in [1.54, 1.807) is 13.8 Å². The van der Waals surface area contributed by atoms with E-state index >= 15 is 0 Å². The maximum Gasteiger partial charge on any atom is 0.228 e. The number of alkyl halides is 3. The van der Waals surface area contributed by atoms with Gasteiger partial charge in [0.15, 0.2) is 5.11 Å². The van der Waals surface area contributed by atoms with Crippen molar-refractivity contribution < 1.29 is 4.79 Å². The molecule has 0 aliphatic carbocycles. The van der Waals surface area contributed by atoms with Gasteiger partial charge in [0.1, 0.15) is 6.17 Å². The second-order valence-corrected chi connectivity index (χ2v) is 8.54. The van der Waals surface area contributed by atoms with E-state index in [0.29, 0.717) is 0 Å². The smallest absolute Gasteiger partial charge is 0.228 e. The lowest BCUT2D eigenvalue weighted by Gasteiger charge is -2.28. The van der Waals surface area contributed by atoms with Crippen molar-refractivity contribution >= 4 is 74.5 Å². The van der Waals surface area contributed by atoms with Crippen LogP contribution in [0.3, 0.4) is 0 Å². The van der Waals surface area contributed by atoms with E-state index in [0.717, 1.165) is 16.5 Å². The van der Waals surface area contributed by atoms with Crippen LogP contribution < -0.4 is 16.0 Å². The molecule has 3 N–H and O–H groups in total. The Hall–Kier alpha value is -1.27.